The number of hydrogen-bond acceptors (Lipinski definition) is 5. The zero-order chi connectivity index (χ0) is 18.5. The Morgan fingerprint density at radius 2 is 1.58 bits per heavy atom. The van der Waals surface area contributed by atoms with E-state index in [2.05, 4.69) is 0 Å². The average Bonchev–Trinajstić information content (AvgIpc) is 2.68. The van der Waals surface area contributed by atoms with E-state index in [1.807, 2.05) is 0 Å². The van der Waals surface area contributed by atoms with Crippen LogP contribution >= 0.6 is 0 Å². The molecule has 0 unspecified atom stereocenters. The van der Waals surface area contributed by atoms with Crippen LogP contribution in [-0.2, 0) is 4.74 Å². The van der Waals surface area contributed by atoms with Crippen molar-refractivity contribution in [3.8, 4) is 11.3 Å². The van der Waals surface area contributed by atoms with Gasteiger partial charge in [-0.3, -0.25) is 4.79 Å². The molecule has 5 heteroatoms. The van der Waals surface area contributed by atoms with E-state index in [-0.39, 0.29) is 23.5 Å². The second-order valence-corrected chi connectivity index (χ2v) is 5.46. The average molecular weight is 348 g/mol. The van der Waals surface area contributed by atoms with Crippen LogP contribution < -0.4 is 5.63 Å². The van der Waals surface area contributed by atoms with Crippen LogP contribution in [0.3, 0.4) is 0 Å². The summed E-state index contributed by atoms with van der Waals surface area (Å²) in [6, 6.07) is 18.2. The van der Waals surface area contributed by atoms with Gasteiger partial charge in [-0.25, -0.2) is 9.59 Å². The van der Waals surface area contributed by atoms with Crippen molar-refractivity contribution in [1.82, 2.24) is 0 Å². The molecule has 2 aromatic carbocycles. The van der Waals surface area contributed by atoms with Gasteiger partial charge in [-0.05, 0) is 6.92 Å². The smallest absolute Gasteiger partial charge is 0.339 e. The van der Waals surface area contributed by atoms with E-state index in [1.54, 1.807) is 67.6 Å². The lowest BCUT2D eigenvalue weighted by Crippen LogP contribution is -2.18. The molecule has 0 radical (unpaired) electrons. The number of rotatable bonds is 5. The molecule has 0 aliphatic rings. The number of ether oxygens (including phenoxy) is 1. The summed E-state index contributed by atoms with van der Waals surface area (Å²) in [7, 11) is 0. The van der Waals surface area contributed by atoms with Crippen molar-refractivity contribution in [2.45, 2.75) is 6.92 Å². The summed E-state index contributed by atoms with van der Waals surface area (Å²) < 4.78 is 10.4. The highest BCUT2D eigenvalue weighted by molar-refractivity contribution is 6.17. The van der Waals surface area contributed by atoms with E-state index < -0.39 is 17.4 Å². The molecule has 3 rings (SSSR count). The fraction of sp³-hybridized carbons (Fsp3) is 0.0952. The van der Waals surface area contributed by atoms with Crippen molar-refractivity contribution in [3.05, 3.63) is 93.8 Å². The van der Waals surface area contributed by atoms with Gasteiger partial charge in [0.15, 0.2) is 5.78 Å². The van der Waals surface area contributed by atoms with Crippen molar-refractivity contribution in [3.63, 3.8) is 0 Å². The second-order valence-electron chi connectivity index (χ2n) is 5.46. The fourth-order valence-corrected chi connectivity index (χ4v) is 2.62. The molecule has 0 aliphatic heterocycles. The van der Waals surface area contributed by atoms with Gasteiger partial charge >= 0.3 is 11.6 Å². The molecule has 0 atom stereocenters. The van der Waals surface area contributed by atoms with E-state index in [0.29, 0.717) is 11.1 Å². The van der Waals surface area contributed by atoms with E-state index in [0.717, 1.165) is 6.07 Å². The lowest BCUT2D eigenvalue weighted by atomic mass is 9.95. The van der Waals surface area contributed by atoms with E-state index in [4.69, 9.17) is 9.15 Å². The van der Waals surface area contributed by atoms with Gasteiger partial charge in [0, 0.05) is 17.2 Å². The molecule has 3 aromatic rings. The molecule has 0 saturated carbocycles. The molecule has 5 nitrogen and oxygen atoms in total. The summed E-state index contributed by atoms with van der Waals surface area (Å²) in [5, 5.41) is 0. The van der Waals surface area contributed by atoms with Crippen LogP contribution in [0.25, 0.3) is 11.3 Å². The Morgan fingerprint density at radius 1 is 0.962 bits per heavy atom. The number of carbonyl (C=O) groups is 2. The third kappa shape index (κ3) is 3.47. The van der Waals surface area contributed by atoms with Gasteiger partial charge < -0.3 is 9.15 Å². The first kappa shape index (κ1) is 17.4. The molecular formula is C21H16O5. The lowest BCUT2D eigenvalue weighted by molar-refractivity contribution is 0.0522. The molecule has 1 aromatic heterocycles. The highest BCUT2D eigenvalue weighted by atomic mass is 16.5. The summed E-state index contributed by atoms with van der Waals surface area (Å²) in [4.78, 5) is 37.5. The fourth-order valence-electron chi connectivity index (χ4n) is 2.62. The molecule has 0 spiro atoms. The van der Waals surface area contributed by atoms with Crippen molar-refractivity contribution in [1.29, 1.82) is 0 Å². The van der Waals surface area contributed by atoms with Crippen LogP contribution in [0.4, 0.5) is 0 Å². The van der Waals surface area contributed by atoms with Crippen LogP contribution in [0, 0.1) is 0 Å². The maximum Gasteiger partial charge on any atom is 0.339 e. The quantitative estimate of drug-likeness (QED) is 0.519. The van der Waals surface area contributed by atoms with Crippen LogP contribution in [0.2, 0.25) is 0 Å². The van der Waals surface area contributed by atoms with Crippen LogP contribution in [-0.4, -0.2) is 18.4 Å². The van der Waals surface area contributed by atoms with Gasteiger partial charge in [-0.15, -0.1) is 0 Å². The summed E-state index contributed by atoms with van der Waals surface area (Å²) in [6.45, 7) is 1.78. The van der Waals surface area contributed by atoms with E-state index >= 15 is 0 Å². The third-order valence-corrected chi connectivity index (χ3v) is 3.76. The standard InChI is InChI=1S/C21H16O5/c1-2-25-21(24)16-13-17(22)26-20(15-11-7-4-8-12-15)18(16)19(23)14-9-5-3-6-10-14/h3-13H,2H2,1H3. The van der Waals surface area contributed by atoms with E-state index in [9.17, 15) is 14.4 Å². The molecule has 0 aliphatic carbocycles. The highest BCUT2D eigenvalue weighted by Gasteiger charge is 2.26. The highest BCUT2D eigenvalue weighted by Crippen LogP contribution is 2.27. The normalized spacial score (nSPS) is 10.3. The van der Waals surface area contributed by atoms with Gasteiger partial charge in [-0.1, -0.05) is 60.7 Å². The second kappa shape index (κ2) is 7.61. The molecule has 130 valence electrons. The Kier molecular flexibility index (Phi) is 5.08. The van der Waals surface area contributed by atoms with Crippen molar-refractivity contribution in [2.24, 2.45) is 0 Å². The zero-order valence-corrected chi connectivity index (χ0v) is 14.1. The zero-order valence-electron chi connectivity index (χ0n) is 14.1. The molecule has 0 saturated heterocycles. The van der Waals surface area contributed by atoms with Crippen LogP contribution in [0.15, 0.2) is 75.9 Å². The Morgan fingerprint density at radius 3 is 2.19 bits per heavy atom. The Hall–Kier alpha value is -3.47. The van der Waals surface area contributed by atoms with Crippen LogP contribution in [0.1, 0.15) is 33.2 Å². The first-order chi connectivity index (χ1) is 12.6. The molecule has 0 amide bonds. The maximum atomic E-state index is 13.1. The number of hydrogen-bond donors (Lipinski definition) is 0. The Bertz CT molecular complexity index is 988. The minimum Gasteiger partial charge on any atom is -0.462 e. The predicted octanol–water partition coefficient (Wildman–Crippen LogP) is 3.71. The van der Waals surface area contributed by atoms with Gasteiger partial charge in [0.2, 0.25) is 0 Å². The van der Waals surface area contributed by atoms with Crippen LogP contribution in [0.5, 0.6) is 0 Å². The molecule has 0 bridgehead atoms. The SMILES string of the molecule is CCOC(=O)c1cc(=O)oc(-c2ccccc2)c1C(=O)c1ccccc1. The largest absolute Gasteiger partial charge is 0.462 e. The number of carbonyl (C=O) groups excluding carboxylic acids is 2. The summed E-state index contributed by atoms with van der Waals surface area (Å²) >= 11 is 0. The minimum atomic E-state index is -0.739. The predicted molar refractivity (Wildman–Crippen MR) is 96.2 cm³/mol. The monoisotopic (exact) mass is 348 g/mol. The summed E-state index contributed by atoms with van der Waals surface area (Å²) in [6.07, 6.45) is 0. The summed E-state index contributed by atoms with van der Waals surface area (Å²) in [5.41, 5.74) is 0.0897. The number of esters is 1. The third-order valence-electron chi connectivity index (χ3n) is 3.76. The molecule has 26 heavy (non-hydrogen) atoms. The molecule has 1 heterocycles. The molecule has 0 fully saturated rings. The van der Waals surface area contributed by atoms with Crippen molar-refractivity contribution >= 4 is 11.8 Å². The van der Waals surface area contributed by atoms with E-state index in [1.165, 1.54) is 0 Å². The Labute approximate surface area is 149 Å². The number of ketones is 1. The van der Waals surface area contributed by atoms with Crippen molar-refractivity contribution < 1.29 is 18.7 Å². The topological polar surface area (TPSA) is 73.6 Å². The van der Waals surface area contributed by atoms with Crippen molar-refractivity contribution in [2.75, 3.05) is 6.61 Å². The first-order valence-corrected chi connectivity index (χ1v) is 8.12. The van der Waals surface area contributed by atoms with Gasteiger partial charge in [-0.2, -0.15) is 0 Å². The molecule has 0 N–H and O–H groups in total. The van der Waals surface area contributed by atoms with Gasteiger partial charge in [0.05, 0.1) is 17.7 Å². The van der Waals surface area contributed by atoms with Gasteiger partial charge in [0.25, 0.3) is 0 Å². The number of benzene rings is 2. The van der Waals surface area contributed by atoms with Gasteiger partial charge in [0.1, 0.15) is 5.76 Å². The summed E-state index contributed by atoms with van der Waals surface area (Å²) in [5.74, 6) is -1.11. The molecular weight excluding hydrogens is 332 g/mol. The maximum absolute atomic E-state index is 13.1. The minimum absolute atomic E-state index is 0.0143. The lowest BCUT2D eigenvalue weighted by Gasteiger charge is -2.12. The Balaban J connectivity index is 2.29. The first-order valence-electron chi connectivity index (χ1n) is 8.12.